The molecule has 0 saturated carbocycles. The Labute approximate surface area is 92.6 Å². The summed E-state index contributed by atoms with van der Waals surface area (Å²) in [4.78, 5) is 5.28. The highest BCUT2D eigenvalue weighted by molar-refractivity contribution is 7.16. The first-order chi connectivity index (χ1) is 6.33. The first kappa shape index (κ1) is 11.4. The molecule has 2 N–H and O–H groups in total. The van der Waals surface area contributed by atoms with Crippen LogP contribution in [0, 0.1) is 0 Å². The molecule has 0 spiro atoms. The fraction of sp³-hybridized carbons (Fsp3) is 0.500. The van der Waals surface area contributed by atoms with Crippen LogP contribution >= 0.6 is 23.7 Å². The predicted octanol–water partition coefficient (Wildman–Crippen LogP) is 1.62. The molecule has 0 fully saturated rings. The standard InChI is InChI=1S/C8H12N4S.ClH/c1-2-3-7-11-12-5-6(4-9)10-8(12)13-7;/h5H,2-4,9H2,1H3;1H. The van der Waals surface area contributed by atoms with Crippen LogP contribution in [0.5, 0.6) is 0 Å². The van der Waals surface area contributed by atoms with Crippen molar-refractivity contribution >= 4 is 28.7 Å². The number of hydrogen-bond donors (Lipinski definition) is 1. The number of aromatic nitrogens is 3. The van der Waals surface area contributed by atoms with E-state index >= 15 is 0 Å². The lowest BCUT2D eigenvalue weighted by Gasteiger charge is -1.86. The first-order valence-electron chi connectivity index (χ1n) is 4.37. The molecule has 2 aromatic rings. The molecule has 0 unspecified atom stereocenters. The molecule has 0 atom stereocenters. The maximum Gasteiger partial charge on any atom is 0.212 e. The summed E-state index contributed by atoms with van der Waals surface area (Å²) in [6.45, 7) is 2.63. The minimum Gasteiger partial charge on any atom is -0.325 e. The summed E-state index contributed by atoms with van der Waals surface area (Å²) in [6, 6.07) is 0. The van der Waals surface area contributed by atoms with Gasteiger partial charge in [0.25, 0.3) is 0 Å². The SMILES string of the molecule is CCCc1nn2cc(CN)nc2s1.Cl. The van der Waals surface area contributed by atoms with Crippen LogP contribution in [0.2, 0.25) is 0 Å². The van der Waals surface area contributed by atoms with E-state index in [0.717, 1.165) is 28.5 Å². The smallest absolute Gasteiger partial charge is 0.212 e. The molecule has 0 aliphatic carbocycles. The topological polar surface area (TPSA) is 56.2 Å². The molecule has 2 aromatic heterocycles. The average molecular weight is 233 g/mol. The number of nitrogens with two attached hydrogens (primary N) is 1. The molecule has 2 rings (SSSR count). The number of fused-ring (bicyclic) bond motifs is 1. The molecule has 4 nitrogen and oxygen atoms in total. The Bertz CT molecular complexity index is 377. The number of hydrogen-bond acceptors (Lipinski definition) is 4. The molecule has 0 radical (unpaired) electrons. The maximum atomic E-state index is 5.47. The molecule has 0 bridgehead atoms. The number of nitrogens with zero attached hydrogens (tertiary/aromatic N) is 3. The monoisotopic (exact) mass is 232 g/mol. The number of imidazole rings is 1. The fourth-order valence-corrected chi connectivity index (χ4v) is 2.20. The molecular weight excluding hydrogens is 220 g/mol. The van der Waals surface area contributed by atoms with E-state index in [2.05, 4.69) is 17.0 Å². The van der Waals surface area contributed by atoms with Crippen LogP contribution in [0.4, 0.5) is 0 Å². The Hall–Kier alpha value is -0.650. The summed E-state index contributed by atoms with van der Waals surface area (Å²) in [5, 5.41) is 5.54. The summed E-state index contributed by atoms with van der Waals surface area (Å²) < 4.78 is 1.82. The first-order valence-corrected chi connectivity index (χ1v) is 5.19. The molecule has 78 valence electrons. The molecule has 0 aliphatic heterocycles. The van der Waals surface area contributed by atoms with Crippen LogP contribution in [0.15, 0.2) is 6.20 Å². The van der Waals surface area contributed by atoms with Crippen molar-refractivity contribution in [2.75, 3.05) is 0 Å². The van der Waals surface area contributed by atoms with E-state index in [1.54, 1.807) is 11.3 Å². The third-order valence-corrected chi connectivity index (χ3v) is 2.79. The highest BCUT2D eigenvalue weighted by Gasteiger charge is 2.05. The second-order valence-electron chi connectivity index (χ2n) is 2.91. The fourth-order valence-electron chi connectivity index (χ4n) is 1.20. The van der Waals surface area contributed by atoms with E-state index in [1.165, 1.54) is 0 Å². The Morgan fingerprint density at radius 3 is 2.93 bits per heavy atom. The summed E-state index contributed by atoms with van der Waals surface area (Å²) in [6.07, 6.45) is 4.05. The highest BCUT2D eigenvalue weighted by Crippen LogP contribution is 2.15. The van der Waals surface area contributed by atoms with Crippen LogP contribution in [-0.2, 0) is 13.0 Å². The lowest BCUT2D eigenvalue weighted by Crippen LogP contribution is -1.95. The van der Waals surface area contributed by atoms with Crippen molar-refractivity contribution in [2.24, 2.45) is 5.73 Å². The third-order valence-electron chi connectivity index (χ3n) is 1.81. The van der Waals surface area contributed by atoms with E-state index in [1.807, 2.05) is 10.7 Å². The minimum atomic E-state index is 0. The summed E-state index contributed by atoms with van der Waals surface area (Å²) in [7, 11) is 0. The van der Waals surface area contributed by atoms with Gasteiger partial charge in [-0.1, -0.05) is 18.3 Å². The lowest BCUT2D eigenvalue weighted by atomic mass is 10.4. The van der Waals surface area contributed by atoms with E-state index < -0.39 is 0 Å². The molecular formula is C8H13ClN4S. The molecule has 14 heavy (non-hydrogen) atoms. The number of rotatable bonds is 3. The zero-order valence-electron chi connectivity index (χ0n) is 7.93. The van der Waals surface area contributed by atoms with Crippen molar-refractivity contribution in [1.82, 2.24) is 14.6 Å². The van der Waals surface area contributed by atoms with Crippen molar-refractivity contribution in [2.45, 2.75) is 26.3 Å². The number of aryl methyl sites for hydroxylation is 1. The molecule has 0 amide bonds. The van der Waals surface area contributed by atoms with Gasteiger partial charge in [0.2, 0.25) is 4.96 Å². The zero-order valence-corrected chi connectivity index (χ0v) is 9.57. The largest absolute Gasteiger partial charge is 0.325 e. The molecule has 6 heteroatoms. The highest BCUT2D eigenvalue weighted by atomic mass is 35.5. The summed E-state index contributed by atoms with van der Waals surface area (Å²) >= 11 is 1.64. The molecule has 0 saturated heterocycles. The van der Waals surface area contributed by atoms with Crippen LogP contribution < -0.4 is 5.73 Å². The van der Waals surface area contributed by atoms with E-state index in [0.29, 0.717) is 6.54 Å². The van der Waals surface area contributed by atoms with Gasteiger partial charge in [0.05, 0.1) is 11.9 Å². The van der Waals surface area contributed by atoms with Gasteiger partial charge in [0.1, 0.15) is 5.01 Å². The van der Waals surface area contributed by atoms with Gasteiger partial charge in [-0.05, 0) is 6.42 Å². The van der Waals surface area contributed by atoms with E-state index in [4.69, 9.17) is 5.73 Å². The number of halogens is 1. The zero-order chi connectivity index (χ0) is 9.26. The van der Waals surface area contributed by atoms with E-state index in [9.17, 15) is 0 Å². The Morgan fingerprint density at radius 1 is 1.57 bits per heavy atom. The lowest BCUT2D eigenvalue weighted by molar-refractivity contribution is 0.846. The van der Waals surface area contributed by atoms with Crippen molar-refractivity contribution in [3.05, 3.63) is 16.9 Å². The van der Waals surface area contributed by atoms with Gasteiger partial charge in [-0.2, -0.15) is 5.10 Å². The van der Waals surface area contributed by atoms with Crippen molar-refractivity contribution < 1.29 is 0 Å². The second kappa shape index (κ2) is 4.72. The van der Waals surface area contributed by atoms with Gasteiger partial charge in [-0.25, -0.2) is 9.50 Å². The van der Waals surface area contributed by atoms with Crippen LogP contribution in [-0.4, -0.2) is 14.6 Å². The average Bonchev–Trinajstić information content (AvgIpc) is 2.61. The minimum absolute atomic E-state index is 0. The summed E-state index contributed by atoms with van der Waals surface area (Å²) in [5.41, 5.74) is 6.38. The van der Waals surface area contributed by atoms with Crippen molar-refractivity contribution in [1.29, 1.82) is 0 Å². The Kier molecular flexibility index (Phi) is 3.86. The van der Waals surface area contributed by atoms with Crippen LogP contribution in [0.3, 0.4) is 0 Å². The normalized spacial score (nSPS) is 10.4. The maximum absolute atomic E-state index is 5.47. The predicted molar refractivity (Wildman–Crippen MR) is 60.0 cm³/mol. The Balaban J connectivity index is 0.000000980. The third kappa shape index (κ3) is 2.05. The van der Waals surface area contributed by atoms with Crippen LogP contribution in [0.1, 0.15) is 24.0 Å². The summed E-state index contributed by atoms with van der Waals surface area (Å²) in [5.74, 6) is 0. The Morgan fingerprint density at radius 2 is 2.36 bits per heavy atom. The molecule has 0 aliphatic rings. The van der Waals surface area contributed by atoms with Gasteiger partial charge >= 0.3 is 0 Å². The quantitative estimate of drug-likeness (QED) is 0.875. The molecule has 2 heterocycles. The second-order valence-corrected chi connectivity index (χ2v) is 3.95. The van der Waals surface area contributed by atoms with Crippen LogP contribution in [0.25, 0.3) is 4.96 Å². The van der Waals surface area contributed by atoms with Gasteiger partial charge in [0, 0.05) is 13.0 Å². The van der Waals surface area contributed by atoms with Gasteiger partial charge in [-0.3, -0.25) is 0 Å². The van der Waals surface area contributed by atoms with Gasteiger partial charge in [0.15, 0.2) is 0 Å². The van der Waals surface area contributed by atoms with Crippen molar-refractivity contribution in [3.8, 4) is 0 Å². The van der Waals surface area contributed by atoms with E-state index in [-0.39, 0.29) is 12.4 Å². The molecule has 0 aromatic carbocycles. The van der Waals surface area contributed by atoms with Gasteiger partial charge < -0.3 is 5.73 Å². The van der Waals surface area contributed by atoms with Crippen molar-refractivity contribution in [3.63, 3.8) is 0 Å². The van der Waals surface area contributed by atoms with Gasteiger partial charge in [-0.15, -0.1) is 12.4 Å².